The van der Waals surface area contributed by atoms with Gasteiger partial charge in [0.25, 0.3) is 0 Å². The number of aromatic nitrogens is 1. The van der Waals surface area contributed by atoms with E-state index in [4.69, 9.17) is 17.3 Å². The molecule has 4 nitrogen and oxygen atoms in total. The first-order valence-electron chi connectivity index (χ1n) is 6.63. The number of fused-ring (bicyclic) bond motifs is 1. The first kappa shape index (κ1) is 14.8. The van der Waals surface area contributed by atoms with Crippen molar-refractivity contribution < 1.29 is 4.79 Å². The Morgan fingerprint density at radius 1 is 1.50 bits per heavy atom. The average molecular weight is 292 g/mol. The summed E-state index contributed by atoms with van der Waals surface area (Å²) in [5.74, 6) is -0.0954. The highest BCUT2D eigenvalue weighted by molar-refractivity contribution is 6.32. The lowest BCUT2D eigenvalue weighted by Crippen LogP contribution is -2.40. The highest BCUT2D eigenvalue weighted by atomic mass is 35.5. The molecule has 1 heterocycles. The van der Waals surface area contributed by atoms with Crippen LogP contribution in [0.25, 0.3) is 10.9 Å². The van der Waals surface area contributed by atoms with Crippen LogP contribution >= 0.6 is 11.6 Å². The van der Waals surface area contributed by atoms with Gasteiger partial charge in [0.05, 0.1) is 17.2 Å². The van der Waals surface area contributed by atoms with Crippen molar-refractivity contribution >= 4 is 34.1 Å². The molecule has 0 saturated carbocycles. The predicted molar refractivity (Wildman–Crippen MR) is 82.8 cm³/mol. The average Bonchev–Trinajstić information content (AvgIpc) is 2.45. The maximum absolute atomic E-state index is 12.2. The van der Waals surface area contributed by atoms with Crippen LogP contribution in [0.3, 0.4) is 0 Å². The zero-order chi connectivity index (χ0) is 14.7. The van der Waals surface area contributed by atoms with Crippen LogP contribution in [0.2, 0.25) is 5.02 Å². The first-order chi connectivity index (χ1) is 9.52. The number of rotatable bonds is 4. The van der Waals surface area contributed by atoms with Gasteiger partial charge in [-0.05, 0) is 24.1 Å². The summed E-state index contributed by atoms with van der Waals surface area (Å²) in [6, 6.07) is 6.69. The fourth-order valence-corrected chi connectivity index (χ4v) is 2.21. The zero-order valence-electron chi connectivity index (χ0n) is 11.6. The van der Waals surface area contributed by atoms with E-state index in [1.165, 1.54) is 0 Å². The molecule has 2 aromatic rings. The van der Waals surface area contributed by atoms with E-state index >= 15 is 0 Å². The number of halogens is 1. The Hall–Kier alpha value is -1.65. The van der Waals surface area contributed by atoms with Crippen LogP contribution in [-0.2, 0) is 4.79 Å². The molecule has 2 atom stereocenters. The summed E-state index contributed by atoms with van der Waals surface area (Å²) in [6.07, 6.45) is 2.53. The fraction of sp³-hybridized carbons (Fsp3) is 0.333. The molecule has 0 aliphatic heterocycles. The Morgan fingerprint density at radius 3 is 2.95 bits per heavy atom. The van der Waals surface area contributed by atoms with E-state index in [1.807, 2.05) is 32.0 Å². The second-order valence-corrected chi connectivity index (χ2v) is 5.37. The third-order valence-corrected chi connectivity index (χ3v) is 3.71. The van der Waals surface area contributed by atoms with E-state index in [9.17, 15) is 4.79 Å². The van der Waals surface area contributed by atoms with Crippen LogP contribution < -0.4 is 11.1 Å². The Morgan fingerprint density at radius 2 is 2.25 bits per heavy atom. The largest absolute Gasteiger partial charge is 0.323 e. The topological polar surface area (TPSA) is 68.0 Å². The van der Waals surface area contributed by atoms with Gasteiger partial charge in [0, 0.05) is 16.6 Å². The van der Waals surface area contributed by atoms with E-state index in [0.29, 0.717) is 16.2 Å². The molecule has 3 N–H and O–H groups in total. The Bertz CT molecular complexity index is 630. The summed E-state index contributed by atoms with van der Waals surface area (Å²) in [6.45, 7) is 3.97. The lowest BCUT2D eigenvalue weighted by Gasteiger charge is -2.18. The number of pyridine rings is 1. The van der Waals surface area contributed by atoms with Crippen LogP contribution in [0.5, 0.6) is 0 Å². The molecule has 0 aliphatic rings. The van der Waals surface area contributed by atoms with Crippen LogP contribution in [-0.4, -0.2) is 16.9 Å². The van der Waals surface area contributed by atoms with Crippen molar-refractivity contribution in [3.63, 3.8) is 0 Å². The van der Waals surface area contributed by atoms with E-state index in [0.717, 1.165) is 11.8 Å². The molecule has 0 fully saturated rings. The Kier molecular flexibility index (Phi) is 4.57. The smallest absolute Gasteiger partial charge is 0.241 e. The molecule has 1 amide bonds. The van der Waals surface area contributed by atoms with E-state index in [-0.39, 0.29) is 11.8 Å². The number of nitrogens with zero attached hydrogens (tertiary/aromatic N) is 1. The number of benzene rings is 1. The number of amides is 1. The molecule has 0 saturated heterocycles. The number of hydrogen-bond donors (Lipinski definition) is 2. The van der Waals surface area contributed by atoms with Crippen LogP contribution in [0.1, 0.15) is 20.3 Å². The van der Waals surface area contributed by atoms with Crippen molar-refractivity contribution in [2.75, 3.05) is 5.32 Å². The molecule has 1 aromatic carbocycles. The summed E-state index contributed by atoms with van der Waals surface area (Å²) < 4.78 is 0. The number of nitrogens with one attached hydrogen (secondary N) is 1. The maximum Gasteiger partial charge on any atom is 0.241 e. The van der Waals surface area contributed by atoms with Gasteiger partial charge in [0.15, 0.2) is 0 Å². The van der Waals surface area contributed by atoms with E-state index in [2.05, 4.69) is 10.3 Å². The highest BCUT2D eigenvalue weighted by Gasteiger charge is 2.20. The summed E-state index contributed by atoms with van der Waals surface area (Å²) in [5.41, 5.74) is 7.24. The normalized spacial score (nSPS) is 14.0. The number of hydrogen-bond acceptors (Lipinski definition) is 3. The molecule has 5 heteroatoms. The van der Waals surface area contributed by atoms with Gasteiger partial charge < -0.3 is 11.1 Å². The van der Waals surface area contributed by atoms with Gasteiger partial charge in [-0.1, -0.05) is 37.9 Å². The minimum atomic E-state index is -0.544. The van der Waals surface area contributed by atoms with Crippen molar-refractivity contribution in [3.8, 4) is 0 Å². The number of anilines is 1. The van der Waals surface area contributed by atoms with Crippen molar-refractivity contribution in [1.82, 2.24) is 4.98 Å². The maximum atomic E-state index is 12.2. The first-order valence-corrected chi connectivity index (χ1v) is 7.01. The van der Waals surface area contributed by atoms with E-state index in [1.54, 1.807) is 12.3 Å². The fourth-order valence-electron chi connectivity index (χ4n) is 1.98. The molecule has 1 unspecified atom stereocenters. The highest BCUT2D eigenvalue weighted by Crippen LogP contribution is 2.26. The second-order valence-electron chi connectivity index (χ2n) is 4.93. The van der Waals surface area contributed by atoms with Crippen LogP contribution in [0, 0.1) is 5.92 Å². The standard InChI is InChI=1S/C15H18ClN3O/c1-3-9(2)13(17)15(20)19-12-8-11(16)7-10-5-4-6-18-14(10)12/h4-9,13H,3,17H2,1-2H3,(H,19,20)/t9?,13-/m0/s1. The molecular formula is C15H18ClN3O. The van der Waals surface area contributed by atoms with Gasteiger partial charge in [-0.3, -0.25) is 9.78 Å². The molecule has 106 valence electrons. The third-order valence-electron chi connectivity index (χ3n) is 3.49. The minimum absolute atomic E-state index is 0.119. The lowest BCUT2D eigenvalue weighted by atomic mass is 9.99. The van der Waals surface area contributed by atoms with Crippen molar-refractivity contribution in [2.24, 2.45) is 11.7 Å². The summed E-state index contributed by atoms with van der Waals surface area (Å²) >= 11 is 6.07. The number of carbonyl (C=O) groups is 1. The SMILES string of the molecule is CCC(C)[C@H](N)C(=O)Nc1cc(Cl)cc2cccnc12. The van der Waals surface area contributed by atoms with Crippen molar-refractivity contribution in [1.29, 1.82) is 0 Å². The van der Waals surface area contributed by atoms with Crippen LogP contribution in [0.4, 0.5) is 5.69 Å². The summed E-state index contributed by atoms with van der Waals surface area (Å²) in [4.78, 5) is 16.4. The van der Waals surface area contributed by atoms with Gasteiger partial charge >= 0.3 is 0 Å². The van der Waals surface area contributed by atoms with Crippen LogP contribution in [0.15, 0.2) is 30.5 Å². The third kappa shape index (κ3) is 3.08. The Labute approximate surface area is 123 Å². The van der Waals surface area contributed by atoms with Gasteiger partial charge in [-0.25, -0.2) is 0 Å². The van der Waals surface area contributed by atoms with E-state index < -0.39 is 6.04 Å². The number of carbonyl (C=O) groups excluding carboxylic acids is 1. The molecule has 2 rings (SSSR count). The molecule has 0 spiro atoms. The zero-order valence-corrected chi connectivity index (χ0v) is 12.3. The second kappa shape index (κ2) is 6.20. The van der Waals surface area contributed by atoms with Gasteiger partial charge in [-0.15, -0.1) is 0 Å². The summed E-state index contributed by atoms with van der Waals surface area (Å²) in [5, 5.41) is 4.27. The quantitative estimate of drug-likeness (QED) is 0.909. The van der Waals surface area contributed by atoms with Crippen molar-refractivity contribution in [2.45, 2.75) is 26.3 Å². The van der Waals surface area contributed by atoms with Gasteiger partial charge in [0.1, 0.15) is 0 Å². The molecule has 20 heavy (non-hydrogen) atoms. The minimum Gasteiger partial charge on any atom is -0.323 e. The van der Waals surface area contributed by atoms with Crippen molar-refractivity contribution in [3.05, 3.63) is 35.5 Å². The van der Waals surface area contributed by atoms with Gasteiger partial charge in [-0.2, -0.15) is 0 Å². The predicted octanol–water partition coefficient (Wildman–Crippen LogP) is 3.20. The molecular weight excluding hydrogens is 274 g/mol. The molecule has 1 aromatic heterocycles. The monoisotopic (exact) mass is 291 g/mol. The number of nitrogens with two attached hydrogens (primary N) is 1. The molecule has 0 bridgehead atoms. The summed E-state index contributed by atoms with van der Waals surface area (Å²) in [7, 11) is 0. The van der Waals surface area contributed by atoms with Gasteiger partial charge in [0.2, 0.25) is 5.91 Å². The molecule has 0 radical (unpaired) electrons. The lowest BCUT2D eigenvalue weighted by molar-refractivity contribution is -0.118. The Balaban J connectivity index is 2.32. The molecule has 0 aliphatic carbocycles.